The molecule has 1 amide bonds. The van der Waals surface area contributed by atoms with Crippen LogP contribution in [0.4, 0.5) is 0 Å². The molecule has 0 aliphatic heterocycles. The fraction of sp³-hybridized carbons (Fsp3) is 0.588. The molecular formula is C17H24N2O2. The highest BCUT2D eigenvalue weighted by atomic mass is 16.3. The van der Waals surface area contributed by atoms with Crippen molar-refractivity contribution in [2.24, 2.45) is 11.8 Å². The van der Waals surface area contributed by atoms with Gasteiger partial charge < -0.3 is 15.0 Å². The topological polar surface area (TPSA) is 54.3 Å². The first-order chi connectivity index (χ1) is 10.1. The van der Waals surface area contributed by atoms with Crippen LogP contribution in [0.5, 0.6) is 0 Å². The number of rotatable bonds is 5. The van der Waals surface area contributed by atoms with Crippen LogP contribution in [0.15, 0.2) is 18.2 Å². The van der Waals surface area contributed by atoms with Crippen LogP contribution in [-0.4, -0.2) is 28.2 Å². The molecule has 1 heterocycles. The van der Waals surface area contributed by atoms with Gasteiger partial charge in [0, 0.05) is 36.5 Å². The van der Waals surface area contributed by atoms with E-state index < -0.39 is 0 Å². The van der Waals surface area contributed by atoms with Gasteiger partial charge in [-0.15, -0.1) is 0 Å². The van der Waals surface area contributed by atoms with E-state index in [0.29, 0.717) is 0 Å². The van der Waals surface area contributed by atoms with E-state index in [4.69, 9.17) is 5.11 Å². The molecule has 3 rings (SSSR count). The standard InChI is InChI=1S/C17H24N2O2/c1-11-7-16(12(2)19(11)9-13-3-4-13)17(21)18-15-6-5-14(8-15)10-20/h5-7,13-15,20H,3-4,8-10H2,1-2H3,(H,18,21)/t14-,15+/m0/s1. The molecule has 0 unspecified atom stereocenters. The predicted octanol–water partition coefficient (Wildman–Crippen LogP) is 2.18. The highest BCUT2D eigenvalue weighted by molar-refractivity contribution is 5.96. The summed E-state index contributed by atoms with van der Waals surface area (Å²) >= 11 is 0. The van der Waals surface area contributed by atoms with E-state index in [0.717, 1.165) is 30.1 Å². The number of amides is 1. The van der Waals surface area contributed by atoms with Crippen LogP contribution in [0.2, 0.25) is 0 Å². The van der Waals surface area contributed by atoms with E-state index in [1.807, 2.05) is 25.1 Å². The summed E-state index contributed by atoms with van der Waals surface area (Å²) in [6, 6.07) is 2.04. The maximum absolute atomic E-state index is 12.5. The fourth-order valence-electron chi connectivity index (χ4n) is 3.13. The summed E-state index contributed by atoms with van der Waals surface area (Å²) in [6.07, 6.45) is 7.40. The van der Waals surface area contributed by atoms with Crippen molar-refractivity contribution in [1.29, 1.82) is 0 Å². The Bertz CT molecular complexity index is 570. The summed E-state index contributed by atoms with van der Waals surface area (Å²) in [6.45, 7) is 5.30. The highest BCUT2D eigenvalue weighted by Crippen LogP contribution is 2.32. The summed E-state index contributed by atoms with van der Waals surface area (Å²) in [5, 5.41) is 12.2. The number of carbonyl (C=O) groups is 1. The van der Waals surface area contributed by atoms with E-state index in [2.05, 4.69) is 16.8 Å². The van der Waals surface area contributed by atoms with Crippen molar-refractivity contribution < 1.29 is 9.90 Å². The Kier molecular flexibility index (Phi) is 3.89. The predicted molar refractivity (Wildman–Crippen MR) is 82.2 cm³/mol. The summed E-state index contributed by atoms with van der Waals surface area (Å²) < 4.78 is 2.27. The van der Waals surface area contributed by atoms with Crippen molar-refractivity contribution in [1.82, 2.24) is 9.88 Å². The molecule has 0 spiro atoms. The van der Waals surface area contributed by atoms with Gasteiger partial charge in [0.2, 0.25) is 0 Å². The van der Waals surface area contributed by atoms with Gasteiger partial charge in [-0.05, 0) is 45.1 Å². The van der Waals surface area contributed by atoms with Gasteiger partial charge in [0.15, 0.2) is 0 Å². The lowest BCUT2D eigenvalue weighted by Gasteiger charge is -2.13. The molecule has 1 aromatic rings. The van der Waals surface area contributed by atoms with Gasteiger partial charge in [-0.3, -0.25) is 4.79 Å². The van der Waals surface area contributed by atoms with Crippen LogP contribution in [0.1, 0.15) is 41.0 Å². The van der Waals surface area contributed by atoms with Gasteiger partial charge in [0.05, 0.1) is 5.56 Å². The van der Waals surface area contributed by atoms with Crippen LogP contribution < -0.4 is 5.32 Å². The van der Waals surface area contributed by atoms with Crippen molar-refractivity contribution in [2.45, 2.75) is 45.7 Å². The van der Waals surface area contributed by atoms with E-state index in [1.165, 1.54) is 18.5 Å². The SMILES string of the molecule is Cc1cc(C(=O)N[C@@H]2C=C[C@H](CO)C2)c(C)n1CC1CC1. The minimum atomic E-state index is -0.00149. The van der Waals surface area contributed by atoms with Crippen LogP contribution in [0.3, 0.4) is 0 Å². The summed E-state index contributed by atoms with van der Waals surface area (Å²) in [5.41, 5.74) is 3.02. The van der Waals surface area contributed by atoms with E-state index in [-0.39, 0.29) is 24.5 Å². The second kappa shape index (κ2) is 5.68. The van der Waals surface area contributed by atoms with Crippen molar-refractivity contribution in [3.63, 3.8) is 0 Å². The first kappa shape index (κ1) is 14.4. The maximum Gasteiger partial charge on any atom is 0.253 e. The minimum absolute atomic E-state index is 0.00149. The molecule has 114 valence electrons. The van der Waals surface area contributed by atoms with Crippen LogP contribution in [-0.2, 0) is 6.54 Å². The highest BCUT2D eigenvalue weighted by Gasteiger charge is 2.26. The third-order valence-electron chi connectivity index (χ3n) is 4.68. The average molecular weight is 288 g/mol. The Morgan fingerprint density at radius 3 is 2.76 bits per heavy atom. The quantitative estimate of drug-likeness (QED) is 0.816. The normalized spacial score (nSPS) is 24.5. The Morgan fingerprint density at radius 1 is 1.38 bits per heavy atom. The number of carbonyl (C=O) groups excluding carboxylic acids is 1. The number of aryl methyl sites for hydroxylation is 1. The van der Waals surface area contributed by atoms with E-state index in [9.17, 15) is 4.79 Å². The second-order valence-corrected chi connectivity index (χ2v) is 6.48. The number of hydrogen-bond acceptors (Lipinski definition) is 2. The molecule has 0 radical (unpaired) electrons. The molecule has 21 heavy (non-hydrogen) atoms. The molecule has 2 aliphatic rings. The van der Waals surface area contributed by atoms with Gasteiger partial charge in [0.25, 0.3) is 5.91 Å². The first-order valence-electron chi connectivity index (χ1n) is 7.85. The number of aromatic nitrogens is 1. The Balaban J connectivity index is 1.68. The Hall–Kier alpha value is -1.55. The lowest BCUT2D eigenvalue weighted by atomic mass is 10.1. The van der Waals surface area contributed by atoms with Gasteiger partial charge >= 0.3 is 0 Å². The number of aliphatic hydroxyl groups excluding tert-OH is 1. The van der Waals surface area contributed by atoms with Crippen LogP contribution >= 0.6 is 0 Å². The van der Waals surface area contributed by atoms with Crippen LogP contribution in [0, 0.1) is 25.7 Å². The lowest BCUT2D eigenvalue weighted by molar-refractivity contribution is 0.0940. The number of aliphatic hydroxyl groups is 1. The molecule has 2 aliphatic carbocycles. The molecule has 0 aromatic carbocycles. The average Bonchev–Trinajstić information content (AvgIpc) is 3.10. The molecule has 0 saturated heterocycles. The number of nitrogens with one attached hydrogen (secondary N) is 1. The van der Waals surface area contributed by atoms with Gasteiger partial charge in [0.1, 0.15) is 0 Å². The molecule has 1 fully saturated rings. The number of nitrogens with zero attached hydrogens (tertiary/aromatic N) is 1. The first-order valence-corrected chi connectivity index (χ1v) is 7.85. The number of hydrogen-bond donors (Lipinski definition) is 2. The van der Waals surface area contributed by atoms with Gasteiger partial charge in [-0.2, -0.15) is 0 Å². The Labute approximate surface area is 125 Å². The van der Waals surface area contributed by atoms with Crippen LogP contribution in [0.25, 0.3) is 0 Å². The molecule has 4 nitrogen and oxygen atoms in total. The minimum Gasteiger partial charge on any atom is -0.396 e. The zero-order valence-electron chi connectivity index (χ0n) is 12.8. The van der Waals surface area contributed by atoms with Crippen molar-refractivity contribution in [3.8, 4) is 0 Å². The van der Waals surface area contributed by atoms with Crippen molar-refractivity contribution in [3.05, 3.63) is 35.2 Å². The zero-order valence-corrected chi connectivity index (χ0v) is 12.8. The summed E-state index contributed by atoms with van der Waals surface area (Å²) in [5.74, 6) is 0.977. The maximum atomic E-state index is 12.5. The monoisotopic (exact) mass is 288 g/mol. The zero-order chi connectivity index (χ0) is 15.0. The molecule has 1 saturated carbocycles. The molecular weight excluding hydrogens is 264 g/mol. The van der Waals surface area contributed by atoms with Crippen molar-refractivity contribution >= 4 is 5.91 Å². The lowest BCUT2D eigenvalue weighted by Crippen LogP contribution is -2.33. The molecule has 2 N–H and O–H groups in total. The van der Waals surface area contributed by atoms with Crippen molar-refractivity contribution in [2.75, 3.05) is 6.61 Å². The second-order valence-electron chi connectivity index (χ2n) is 6.48. The molecule has 2 atom stereocenters. The Morgan fingerprint density at radius 2 is 2.14 bits per heavy atom. The van der Waals surface area contributed by atoms with E-state index in [1.54, 1.807) is 0 Å². The van der Waals surface area contributed by atoms with Gasteiger partial charge in [-0.1, -0.05) is 12.2 Å². The third kappa shape index (κ3) is 3.05. The summed E-state index contributed by atoms with van der Waals surface area (Å²) in [7, 11) is 0. The molecule has 0 bridgehead atoms. The molecule has 4 heteroatoms. The third-order valence-corrected chi connectivity index (χ3v) is 4.68. The molecule has 1 aromatic heterocycles. The largest absolute Gasteiger partial charge is 0.396 e. The fourth-order valence-corrected chi connectivity index (χ4v) is 3.13. The van der Waals surface area contributed by atoms with E-state index >= 15 is 0 Å². The summed E-state index contributed by atoms with van der Waals surface area (Å²) in [4.78, 5) is 12.5. The smallest absolute Gasteiger partial charge is 0.253 e. The van der Waals surface area contributed by atoms with Gasteiger partial charge in [-0.25, -0.2) is 0 Å².